The lowest BCUT2D eigenvalue weighted by molar-refractivity contribution is 0.302. The summed E-state index contributed by atoms with van der Waals surface area (Å²) in [6, 6.07) is 0. The zero-order valence-corrected chi connectivity index (χ0v) is 9.96. The van der Waals surface area contributed by atoms with Crippen molar-refractivity contribution in [3.8, 4) is 0 Å². The van der Waals surface area contributed by atoms with Crippen molar-refractivity contribution in [2.45, 2.75) is 57.8 Å². The predicted octanol–water partition coefficient (Wildman–Crippen LogP) is 4.23. The Morgan fingerprint density at radius 1 is 0.733 bits per heavy atom. The van der Waals surface area contributed by atoms with E-state index in [4.69, 9.17) is 5.11 Å². The first-order chi connectivity index (χ1) is 7.41. The minimum Gasteiger partial charge on any atom is -0.396 e. The molecule has 0 aromatic rings. The summed E-state index contributed by atoms with van der Waals surface area (Å²) in [5.41, 5.74) is 0. The van der Waals surface area contributed by atoms with Crippen LogP contribution in [-0.2, 0) is 0 Å². The summed E-state index contributed by atoms with van der Waals surface area (Å²) in [5, 5.41) is 8.55. The highest BCUT2D eigenvalue weighted by Gasteiger charge is 1.89. The fourth-order valence-electron chi connectivity index (χ4n) is 1.57. The molecular weight excluding hydrogens is 184 g/mol. The molecule has 0 aliphatic heterocycles. The molecule has 0 radical (unpaired) electrons. The van der Waals surface area contributed by atoms with Gasteiger partial charge in [0.1, 0.15) is 0 Å². The number of hydrogen-bond acceptors (Lipinski definition) is 1. The molecular formula is C14H26O. The average Bonchev–Trinajstić information content (AvgIpc) is 2.26. The van der Waals surface area contributed by atoms with Crippen LogP contribution >= 0.6 is 0 Å². The van der Waals surface area contributed by atoms with Crippen LogP contribution in [0.4, 0.5) is 0 Å². The Hall–Kier alpha value is -0.560. The quantitative estimate of drug-likeness (QED) is 0.399. The second-order valence-electron chi connectivity index (χ2n) is 3.97. The number of aliphatic hydroxyl groups excluding tert-OH is 1. The predicted molar refractivity (Wildman–Crippen MR) is 68.0 cm³/mol. The van der Waals surface area contributed by atoms with Gasteiger partial charge < -0.3 is 5.11 Å². The molecule has 0 aliphatic carbocycles. The molecule has 0 aromatic carbocycles. The van der Waals surface area contributed by atoms with Gasteiger partial charge in [-0.1, -0.05) is 43.9 Å². The van der Waals surface area contributed by atoms with Crippen LogP contribution in [0.5, 0.6) is 0 Å². The molecule has 0 amide bonds. The van der Waals surface area contributed by atoms with Crippen LogP contribution in [0.25, 0.3) is 0 Å². The van der Waals surface area contributed by atoms with Crippen LogP contribution in [0.1, 0.15) is 57.8 Å². The number of hydrogen-bond donors (Lipinski definition) is 1. The van der Waals surface area contributed by atoms with Crippen molar-refractivity contribution >= 4 is 0 Å². The molecule has 0 aliphatic rings. The summed E-state index contributed by atoms with van der Waals surface area (Å²) >= 11 is 0. The van der Waals surface area contributed by atoms with Crippen LogP contribution in [0.2, 0.25) is 0 Å². The second-order valence-corrected chi connectivity index (χ2v) is 3.97. The van der Waals surface area contributed by atoms with E-state index in [0.717, 1.165) is 6.42 Å². The molecule has 0 atom stereocenters. The molecule has 15 heavy (non-hydrogen) atoms. The fourth-order valence-corrected chi connectivity index (χ4v) is 1.57. The Balaban J connectivity index is 2.95. The second kappa shape index (κ2) is 13.4. The van der Waals surface area contributed by atoms with Crippen molar-refractivity contribution in [2.75, 3.05) is 6.61 Å². The number of aliphatic hydroxyl groups is 1. The van der Waals surface area contributed by atoms with Gasteiger partial charge in [-0.3, -0.25) is 0 Å². The first-order valence-electron chi connectivity index (χ1n) is 6.28. The maximum atomic E-state index is 8.55. The van der Waals surface area contributed by atoms with Gasteiger partial charge in [-0.15, -0.1) is 6.58 Å². The Morgan fingerprint density at radius 2 is 1.27 bits per heavy atom. The molecule has 0 rings (SSSR count). The van der Waals surface area contributed by atoms with Crippen LogP contribution in [-0.4, -0.2) is 11.7 Å². The normalized spacial score (nSPS) is 11.0. The maximum Gasteiger partial charge on any atom is 0.0465 e. The lowest BCUT2D eigenvalue weighted by atomic mass is 10.1. The Morgan fingerprint density at radius 3 is 1.87 bits per heavy atom. The van der Waals surface area contributed by atoms with Crippen molar-refractivity contribution < 1.29 is 5.11 Å². The first kappa shape index (κ1) is 14.4. The standard InChI is InChI=1S/C14H26O/c1-2-3-4-5-6-7-8-9-10-11-12-13-14-15/h2,11-12,15H,1,3-10,13-14H2/b12-11+. The SMILES string of the molecule is C=CCCCCCCCC/C=C/CCO. The molecule has 0 saturated heterocycles. The summed E-state index contributed by atoms with van der Waals surface area (Å²) in [6.07, 6.45) is 17.5. The molecule has 0 bridgehead atoms. The van der Waals surface area contributed by atoms with Gasteiger partial charge in [-0.2, -0.15) is 0 Å². The van der Waals surface area contributed by atoms with Crippen molar-refractivity contribution in [1.82, 2.24) is 0 Å². The van der Waals surface area contributed by atoms with Crippen molar-refractivity contribution in [1.29, 1.82) is 0 Å². The third kappa shape index (κ3) is 13.4. The largest absolute Gasteiger partial charge is 0.396 e. The Bertz CT molecular complexity index is 149. The number of rotatable bonds is 11. The third-order valence-corrected chi connectivity index (χ3v) is 2.49. The van der Waals surface area contributed by atoms with Gasteiger partial charge >= 0.3 is 0 Å². The van der Waals surface area contributed by atoms with Gasteiger partial charge in [0.2, 0.25) is 0 Å². The van der Waals surface area contributed by atoms with Crippen LogP contribution in [0.3, 0.4) is 0 Å². The maximum absolute atomic E-state index is 8.55. The van der Waals surface area contributed by atoms with Crippen molar-refractivity contribution in [2.24, 2.45) is 0 Å². The Labute approximate surface area is 94.9 Å². The van der Waals surface area contributed by atoms with Gasteiger partial charge in [-0.25, -0.2) is 0 Å². The molecule has 0 spiro atoms. The van der Waals surface area contributed by atoms with E-state index in [9.17, 15) is 0 Å². The highest BCUT2D eigenvalue weighted by molar-refractivity contribution is 4.80. The smallest absolute Gasteiger partial charge is 0.0465 e. The highest BCUT2D eigenvalue weighted by Crippen LogP contribution is 2.08. The number of unbranched alkanes of at least 4 members (excludes halogenated alkanes) is 7. The van der Waals surface area contributed by atoms with E-state index < -0.39 is 0 Å². The van der Waals surface area contributed by atoms with E-state index in [1.807, 2.05) is 6.08 Å². The molecule has 0 saturated carbocycles. The van der Waals surface area contributed by atoms with E-state index in [1.54, 1.807) is 0 Å². The summed E-state index contributed by atoms with van der Waals surface area (Å²) in [7, 11) is 0. The van der Waals surface area contributed by atoms with Gasteiger partial charge in [0, 0.05) is 6.61 Å². The summed E-state index contributed by atoms with van der Waals surface area (Å²) in [5.74, 6) is 0. The lowest BCUT2D eigenvalue weighted by Gasteiger charge is -1.98. The molecule has 1 N–H and O–H groups in total. The Kier molecular flexibility index (Phi) is 12.9. The monoisotopic (exact) mass is 210 g/mol. The first-order valence-corrected chi connectivity index (χ1v) is 6.28. The lowest BCUT2D eigenvalue weighted by Crippen LogP contribution is -1.79. The highest BCUT2D eigenvalue weighted by atomic mass is 16.2. The van der Waals surface area contributed by atoms with Gasteiger partial charge in [0.15, 0.2) is 0 Å². The molecule has 0 heterocycles. The van der Waals surface area contributed by atoms with E-state index in [2.05, 4.69) is 18.7 Å². The van der Waals surface area contributed by atoms with Crippen LogP contribution < -0.4 is 0 Å². The van der Waals surface area contributed by atoms with Crippen molar-refractivity contribution in [3.05, 3.63) is 24.8 Å². The minimum absolute atomic E-state index is 0.278. The number of allylic oxidation sites excluding steroid dienone is 2. The van der Waals surface area contributed by atoms with Gasteiger partial charge in [-0.05, 0) is 32.1 Å². The molecule has 1 heteroatoms. The molecule has 1 nitrogen and oxygen atoms in total. The average molecular weight is 210 g/mol. The minimum atomic E-state index is 0.278. The molecule has 0 fully saturated rings. The van der Waals surface area contributed by atoms with E-state index in [1.165, 1.54) is 51.4 Å². The summed E-state index contributed by atoms with van der Waals surface area (Å²) < 4.78 is 0. The van der Waals surface area contributed by atoms with Crippen LogP contribution in [0.15, 0.2) is 24.8 Å². The topological polar surface area (TPSA) is 20.2 Å². The summed E-state index contributed by atoms with van der Waals surface area (Å²) in [4.78, 5) is 0. The van der Waals surface area contributed by atoms with E-state index in [-0.39, 0.29) is 6.61 Å². The van der Waals surface area contributed by atoms with Gasteiger partial charge in [0.25, 0.3) is 0 Å². The van der Waals surface area contributed by atoms with E-state index >= 15 is 0 Å². The van der Waals surface area contributed by atoms with Crippen LogP contribution in [0, 0.1) is 0 Å². The van der Waals surface area contributed by atoms with Gasteiger partial charge in [0.05, 0.1) is 0 Å². The molecule has 88 valence electrons. The third-order valence-electron chi connectivity index (χ3n) is 2.49. The fraction of sp³-hybridized carbons (Fsp3) is 0.714. The zero-order chi connectivity index (χ0) is 11.2. The molecule has 0 aromatic heterocycles. The summed E-state index contributed by atoms with van der Waals surface area (Å²) in [6.45, 7) is 4.00. The van der Waals surface area contributed by atoms with Crippen molar-refractivity contribution in [3.63, 3.8) is 0 Å². The van der Waals surface area contributed by atoms with E-state index in [0.29, 0.717) is 0 Å². The zero-order valence-electron chi connectivity index (χ0n) is 9.96. The molecule has 0 unspecified atom stereocenters.